The molecule has 0 radical (unpaired) electrons. The van der Waals surface area contributed by atoms with Crippen LogP contribution in [-0.4, -0.2) is 42.8 Å². The number of thiazole rings is 1. The summed E-state index contributed by atoms with van der Waals surface area (Å²) in [6.45, 7) is 2.70. The number of hydrogen-bond acceptors (Lipinski definition) is 6. The highest BCUT2D eigenvalue weighted by atomic mass is 32.2. The summed E-state index contributed by atoms with van der Waals surface area (Å²) in [6.07, 6.45) is 1.51. The summed E-state index contributed by atoms with van der Waals surface area (Å²) in [5, 5.41) is 0. The van der Waals surface area contributed by atoms with E-state index < -0.39 is 21.9 Å². The molecule has 0 bridgehead atoms. The number of nitrogens with zero attached hydrogens (tertiary/aromatic N) is 3. The number of ether oxygens (including phenoxy) is 1. The monoisotopic (exact) mass is 549 g/mol. The minimum atomic E-state index is -3.72. The highest BCUT2D eigenvalue weighted by molar-refractivity contribution is 7.89. The van der Waals surface area contributed by atoms with E-state index in [1.807, 2.05) is 42.5 Å². The van der Waals surface area contributed by atoms with Crippen molar-refractivity contribution in [3.63, 3.8) is 0 Å². The van der Waals surface area contributed by atoms with E-state index in [2.05, 4.69) is 11.9 Å². The van der Waals surface area contributed by atoms with Gasteiger partial charge in [-0.2, -0.15) is 9.30 Å². The van der Waals surface area contributed by atoms with Crippen molar-refractivity contribution < 1.29 is 22.7 Å². The van der Waals surface area contributed by atoms with Gasteiger partial charge < -0.3 is 9.30 Å². The van der Waals surface area contributed by atoms with E-state index in [1.54, 1.807) is 4.57 Å². The summed E-state index contributed by atoms with van der Waals surface area (Å²) in [5.74, 6) is -0.977. The first-order valence-corrected chi connectivity index (χ1v) is 14.5. The highest BCUT2D eigenvalue weighted by Crippen LogP contribution is 2.25. The van der Waals surface area contributed by atoms with Gasteiger partial charge in [0.1, 0.15) is 6.54 Å². The van der Waals surface area contributed by atoms with Crippen molar-refractivity contribution in [3.05, 3.63) is 93.8 Å². The molecule has 10 heteroatoms. The molecule has 0 N–H and O–H groups in total. The van der Waals surface area contributed by atoms with Crippen LogP contribution >= 0.6 is 11.3 Å². The molecule has 2 heterocycles. The van der Waals surface area contributed by atoms with Crippen LogP contribution in [0.1, 0.15) is 34.0 Å². The lowest BCUT2D eigenvalue weighted by atomic mass is 10.0. The molecule has 0 unspecified atom stereocenters. The molecule has 4 aromatic rings. The Morgan fingerprint density at radius 2 is 1.76 bits per heavy atom. The first-order chi connectivity index (χ1) is 18.3. The number of aromatic nitrogens is 1. The Hall–Kier alpha value is -3.60. The molecule has 0 saturated heterocycles. The smallest absolute Gasteiger partial charge is 0.325 e. The predicted octanol–water partition coefficient (Wildman–Crippen LogP) is 3.93. The molecule has 5 rings (SSSR count). The Morgan fingerprint density at radius 1 is 1.03 bits per heavy atom. The van der Waals surface area contributed by atoms with Crippen LogP contribution in [0.15, 0.2) is 76.6 Å². The lowest BCUT2D eigenvalue weighted by molar-refractivity contribution is -0.141. The summed E-state index contributed by atoms with van der Waals surface area (Å²) >= 11 is 1.31. The number of hydrogen-bond donors (Lipinski definition) is 0. The van der Waals surface area contributed by atoms with Gasteiger partial charge in [-0.3, -0.25) is 9.59 Å². The second-order valence-corrected chi connectivity index (χ2v) is 11.9. The van der Waals surface area contributed by atoms with Gasteiger partial charge in [-0.05, 0) is 65.9 Å². The maximum Gasteiger partial charge on any atom is 0.325 e. The van der Waals surface area contributed by atoms with Gasteiger partial charge in [0.25, 0.3) is 5.91 Å². The first-order valence-electron chi connectivity index (χ1n) is 12.3. The summed E-state index contributed by atoms with van der Waals surface area (Å²) in [4.78, 5) is 29.9. The van der Waals surface area contributed by atoms with Crippen molar-refractivity contribution in [1.82, 2.24) is 8.87 Å². The number of sulfonamides is 1. The molecule has 0 aliphatic carbocycles. The molecule has 8 nitrogen and oxygen atoms in total. The average molecular weight is 550 g/mol. The summed E-state index contributed by atoms with van der Waals surface area (Å²) in [7, 11) is -2.40. The molecule has 0 atom stereocenters. The zero-order chi connectivity index (χ0) is 26.9. The van der Waals surface area contributed by atoms with Gasteiger partial charge in [-0.25, -0.2) is 8.42 Å². The molecule has 1 aliphatic rings. The normalized spacial score (nSPS) is 14.4. The molecule has 196 valence electrons. The van der Waals surface area contributed by atoms with Crippen molar-refractivity contribution in [2.45, 2.75) is 37.8 Å². The van der Waals surface area contributed by atoms with Gasteiger partial charge in [0.15, 0.2) is 4.80 Å². The number of aryl methyl sites for hydroxylation is 1. The zero-order valence-corrected chi connectivity index (χ0v) is 22.7. The van der Waals surface area contributed by atoms with Gasteiger partial charge in [-0.1, -0.05) is 48.6 Å². The molecular weight excluding hydrogens is 522 g/mol. The van der Waals surface area contributed by atoms with Crippen LogP contribution in [-0.2, 0) is 45.5 Å². The minimum Gasteiger partial charge on any atom is -0.468 e. The molecule has 1 aromatic heterocycles. The molecule has 1 amide bonds. The second kappa shape index (κ2) is 10.6. The summed E-state index contributed by atoms with van der Waals surface area (Å²) in [6, 6.07) is 19.6. The van der Waals surface area contributed by atoms with E-state index in [-0.39, 0.29) is 17.0 Å². The van der Waals surface area contributed by atoms with E-state index in [0.717, 1.165) is 33.3 Å². The van der Waals surface area contributed by atoms with Gasteiger partial charge in [0, 0.05) is 18.7 Å². The topological polar surface area (TPSA) is 98.0 Å². The molecule has 3 aromatic carbocycles. The predicted molar refractivity (Wildman–Crippen MR) is 145 cm³/mol. The maximum atomic E-state index is 13.3. The van der Waals surface area contributed by atoms with Crippen LogP contribution in [0.3, 0.4) is 0 Å². The van der Waals surface area contributed by atoms with Gasteiger partial charge in [0.2, 0.25) is 10.0 Å². The standard InChI is InChI=1S/C28H27N3O5S2/c1-3-19-8-13-24-25(16-19)37-28(31(24)18-26(32)36-2)29-27(33)21-9-11-23(12-10-21)38(34,35)30-15-14-20-6-4-5-7-22(20)17-30/h4-13,16H,3,14-15,17-18H2,1-2H3. The number of methoxy groups -OCH3 is 1. The summed E-state index contributed by atoms with van der Waals surface area (Å²) in [5.41, 5.74) is 4.34. The van der Waals surface area contributed by atoms with Crippen LogP contribution in [0.4, 0.5) is 0 Å². The van der Waals surface area contributed by atoms with Crippen molar-refractivity contribution >= 4 is 43.5 Å². The second-order valence-electron chi connectivity index (χ2n) is 9.00. The van der Waals surface area contributed by atoms with Gasteiger partial charge >= 0.3 is 5.97 Å². The molecule has 0 spiro atoms. The third-order valence-electron chi connectivity index (χ3n) is 6.70. The Bertz CT molecular complexity index is 1700. The first kappa shape index (κ1) is 26.0. The van der Waals surface area contributed by atoms with Crippen LogP contribution in [0, 0.1) is 0 Å². The number of carbonyl (C=O) groups is 2. The molecule has 0 saturated carbocycles. The van der Waals surface area contributed by atoms with Crippen molar-refractivity contribution in [3.8, 4) is 0 Å². The molecule has 0 fully saturated rings. The van der Waals surface area contributed by atoms with Crippen LogP contribution in [0.5, 0.6) is 0 Å². The lowest BCUT2D eigenvalue weighted by Crippen LogP contribution is -2.35. The molecule has 1 aliphatic heterocycles. The lowest BCUT2D eigenvalue weighted by Gasteiger charge is -2.28. The number of benzene rings is 3. The quantitative estimate of drug-likeness (QED) is 0.340. The van der Waals surface area contributed by atoms with Gasteiger partial charge in [-0.15, -0.1) is 0 Å². The molecular formula is C28H27N3O5S2. The molecule has 38 heavy (non-hydrogen) atoms. The van der Waals surface area contributed by atoms with E-state index in [0.29, 0.717) is 24.3 Å². The number of fused-ring (bicyclic) bond motifs is 2. The third-order valence-corrected chi connectivity index (χ3v) is 9.60. The minimum absolute atomic E-state index is 0.0791. The SMILES string of the molecule is CCc1ccc2c(c1)sc(=NC(=O)c1ccc(S(=O)(=O)N3CCc4ccccc4C3)cc1)n2CC(=O)OC. The number of rotatable bonds is 6. The number of esters is 1. The van der Waals surface area contributed by atoms with Gasteiger partial charge in [0.05, 0.1) is 22.2 Å². The average Bonchev–Trinajstić information content (AvgIpc) is 3.28. The van der Waals surface area contributed by atoms with Crippen molar-refractivity contribution in [2.75, 3.05) is 13.7 Å². The number of amides is 1. The third kappa shape index (κ3) is 5.07. The van der Waals surface area contributed by atoms with Crippen LogP contribution < -0.4 is 4.80 Å². The Labute approximate surface area is 224 Å². The van der Waals surface area contributed by atoms with Crippen molar-refractivity contribution in [1.29, 1.82) is 0 Å². The van der Waals surface area contributed by atoms with Crippen molar-refractivity contribution in [2.24, 2.45) is 4.99 Å². The fourth-order valence-electron chi connectivity index (χ4n) is 4.51. The summed E-state index contributed by atoms with van der Waals surface area (Å²) < 4.78 is 35.4. The highest BCUT2D eigenvalue weighted by Gasteiger charge is 2.28. The van der Waals surface area contributed by atoms with E-state index in [1.165, 1.54) is 47.0 Å². The van der Waals surface area contributed by atoms with Crippen LogP contribution in [0.2, 0.25) is 0 Å². The number of carbonyl (C=O) groups excluding carboxylic acids is 2. The maximum absolute atomic E-state index is 13.3. The van der Waals surface area contributed by atoms with E-state index >= 15 is 0 Å². The van der Waals surface area contributed by atoms with E-state index in [9.17, 15) is 18.0 Å². The largest absolute Gasteiger partial charge is 0.468 e. The van der Waals surface area contributed by atoms with Crippen LogP contribution in [0.25, 0.3) is 10.2 Å². The zero-order valence-electron chi connectivity index (χ0n) is 21.1. The fourth-order valence-corrected chi connectivity index (χ4v) is 7.02. The Morgan fingerprint density at radius 3 is 2.47 bits per heavy atom. The van der Waals surface area contributed by atoms with E-state index in [4.69, 9.17) is 4.74 Å². The Balaban J connectivity index is 1.43. The fraction of sp³-hybridized carbons (Fsp3) is 0.250. The Kier molecular flexibility index (Phi) is 7.29.